The van der Waals surface area contributed by atoms with Crippen LogP contribution in [0.1, 0.15) is 0 Å². The second kappa shape index (κ2) is 1.82. The summed E-state index contributed by atoms with van der Waals surface area (Å²) in [5.41, 5.74) is 0. The molecule has 0 atom stereocenters. The van der Waals surface area contributed by atoms with Crippen LogP contribution in [-0.2, 0) is 17.3 Å². The first-order valence-corrected chi connectivity index (χ1v) is 5.35. The molecule has 0 aliphatic carbocycles. The summed E-state index contributed by atoms with van der Waals surface area (Å²) in [6.45, 7) is 0. The SMILES string of the molecule is O=S(=O)(F)S(=O)(=O)Cl. The number of halogens is 2. The summed E-state index contributed by atoms with van der Waals surface area (Å²) in [6, 6.07) is 0. The van der Waals surface area contributed by atoms with Crippen molar-refractivity contribution in [3.63, 3.8) is 0 Å². The molecule has 0 aromatic rings. The molecule has 0 aromatic heterocycles. The summed E-state index contributed by atoms with van der Waals surface area (Å²) >= 11 is 0. The van der Waals surface area contributed by atoms with Crippen molar-refractivity contribution < 1.29 is 20.7 Å². The Morgan fingerprint density at radius 1 is 1.12 bits per heavy atom. The van der Waals surface area contributed by atoms with Gasteiger partial charge in [-0.05, 0) is 0 Å². The number of hydrogen-bond donors (Lipinski definition) is 0. The minimum atomic E-state index is -5.60. The average molecular weight is 183 g/mol. The molecule has 0 saturated carbocycles. The number of rotatable bonds is 1. The van der Waals surface area contributed by atoms with E-state index in [9.17, 15) is 20.7 Å². The minimum Gasteiger partial charge on any atom is -0.193 e. The van der Waals surface area contributed by atoms with Gasteiger partial charge in [-0.1, -0.05) is 3.89 Å². The predicted octanol–water partition coefficient (Wildman–Crippen LogP) is -0.231. The van der Waals surface area contributed by atoms with Crippen LogP contribution in [0.3, 0.4) is 0 Å². The molecule has 0 fully saturated rings. The lowest BCUT2D eigenvalue weighted by molar-refractivity contribution is 0.557. The maximum atomic E-state index is 11.1. The molecule has 0 bridgehead atoms. The van der Waals surface area contributed by atoms with Crippen molar-refractivity contribution in [2.24, 2.45) is 0 Å². The first-order valence-electron chi connectivity index (χ1n) is 1.14. The first-order chi connectivity index (χ1) is 3.25. The van der Waals surface area contributed by atoms with Gasteiger partial charge in [-0.15, -0.1) is 0 Å². The molecular weight excluding hydrogens is 183 g/mol. The quantitative estimate of drug-likeness (QED) is 0.415. The van der Waals surface area contributed by atoms with E-state index in [4.69, 9.17) is 0 Å². The van der Waals surface area contributed by atoms with Gasteiger partial charge in [0.1, 0.15) is 0 Å². The Balaban J connectivity index is 5.18. The van der Waals surface area contributed by atoms with E-state index in [-0.39, 0.29) is 0 Å². The highest BCUT2D eigenvalue weighted by atomic mass is 35.8. The van der Waals surface area contributed by atoms with Gasteiger partial charge in [0.15, 0.2) is 0 Å². The molecule has 0 aliphatic rings. The van der Waals surface area contributed by atoms with Crippen LogP contribution < -0.4 is 0 Å². The maximum absolute atomic E-state index is 11.1. The van der Waals surface area contributed by atoms with Crippen molar-refractivity contribution in [3.8, 4) is 0 Å². The van der Waals surface area contributed by atoms with Crippen LogP contribution in [0.15, 0.2) is 0 Å². The Hall–Kier alpha value is 0.120. The van der Waals surface area contributed by atoms with Gasteiger partial charge >= 0.3 is 17.3 Å². The normalized spacial score (nSPS) is 13.8. The van der Waals surface area contributed by atoms with Gasteiger partial charge in [-0.25, -0.2) is 0 Å². The summed E-state index contributed by atoms with van der Waals surface area (Å²) in [6.07, 6.45) is 0. The molecule has 8 heavy (non-hydrogen) atoms. The fraction of sp³-hybridized carbons (Fsp3) is 0. The van der Waals surface area contributed by atoms with E-state index < -0.39 is 17.3 Å². The van der Waals surface area contributed by atoms with Gasteiger partial charge in [0.05, 0.1) is 0 Å². The van der Waals surface area contributed by atoms with Gasteiger partial charge in [0.25, 0.3) is 0 Å². The molecule has 0 N–H and O–H groups in total. The van der Waals surface area contributed by atoms with Gasteiger partial charge < -0.3 is 0 Å². The van der Waals surface area contributed by atoms with E-state index in [2.05, 4.69) is 10.7 Å². The van der Waals surface area contributed by atoms with Crippen LogP contribution in [-0.4, -0.2) is 16.8 Å². The van der Waals surface area contributed by atoms with E-state index in [1.165, 1.54) is 0 Å². The molecule has 0 unspecified atom stereocenters. The standard InChI is InChI=1S/ClFO4S2/c1-7(3,4)8(2,5)6. The Bertz CT molecular complexity index is 226. The Labute approximate surface area is 49.3 Å². The molecule has 0 aromatic carbocycles. The van der Waals surface area contributed by atoms with Crippen LogP contribution in [0.4, 0.5) is 3.89 Å². The van der Waals surface area contributed by atoms with Crippen molar-refractivity contribution in [2.75, 3.05) is 0 Å². The van der Waals surface area contributed by atoms with Gasteiger partial charge in [0, 0.05) is 10.7 Å². The third kappa shape index (κ3) is 1.93. The maximum Gasteiger partial charge on any atom is 0.425 e. The smallest absolute Gasteiger partial charge is 0.193 e. The number of hydrogen-bond acceptors (Lipinski definition) is 4. The summed E-state index contributed by atoms with van der Waals surface area (Å²) in [5, 5.41) is 0. The zero-order valence-corrected chi connectivity index (χ0v) is 5.59. The zero-order valence-electron chi connectivity index (χ0n) is 3.21. The van der Waals surface area contributed by atoms with Crippen LogP contribution in [0.5, 0.6) is 0 Å². The van der Waals surface area contributed by atoms with Crippen LogP contribution >= 0.6 is 10.7 Å². The van der Waals surface area contributed by atoms with Gasteiger partial charge in [0.2, 0.25) is 0 Å². The molecular formula is ClFO4S2. The Morgan fingerprint density at radius 2 is 1.25 bits per heavy atom. The van der Waals surface area contributed by atoms with Crippen molar-refractivity contribution in [1.29, 1.82) is 0 Å². The molecule has 0 amide bonds. The van der Waals surface area contributed by atoms with Gasteiger partial charge in [-0.3, -0.25) is 0 Å². The fourth-order valence-corrected chi connectivity index (χ4v) is 0. The third-order valence-corrected chi connectivity index (χ3v) is 3.49. The zero-order chi connectivity index (χ0) is 7.00. The van der Waals surface area contributed by atoms with E-state index in [1.54, 1.807) is 0 Å². The van der Waals surface area contributed by atoms with Crippen molar-refractivity contribution >= 4 is 28.0 Å². The summed E-state index contributed by atoms with van der Waals surface area (Å²) in [4.78, 5) is 0. The second-order valence-corrected chi connectivity index (χ2v) is 6.64. The van der Waals surface area contributed by atoms with Crippen molar-refractivity contribution in [2.45, 2.75) is 0 Å². The van der Waals surface area contributed by atoms with Crippen LogP contribution in [0.25, 0.3) is 0 Å². The molecule has 0 heterocycles. The predicted molar refractivity (Wildman–Crippen MR) is 24.8 cm³/mol. The largest absolute Gasteiger partial charge is 0.425 e. The second-order valence-electron chi connectivity index (χ2n) is 0.786. The summed E-state index contributed by atoms with van der Waals surface area (Å²) in [7, 11) is -6.65. The third-order valence-electron chi connectivity index (χ3n) is 0.238. The highest BCUT2D eigenvalue weighted by Crippen LogP contribution is 2.08. The lowest BCUT2D eigenvalue weighted by Crippen LogP contribution is -2.00. The first kappa shape index (κ1) is 8.12. The van der Waals surface area contributed by atoms with E-state index in [1.807, 2.05) is 0 Å². The lowest BCUT2D eigenvalue weighted by atomic mass is 15.9. The van der Waals surface area contributed by atoms with Crippen LogP contribution in [0.2, 0.25) is 0 Å². The van der Waals surface area contributed by atoms with Crippen LogP contribution in [0, 0.1) is 0 Å². The Kier molecular flexibility index (Phi) is 1.84. The fourth-order valence-electron chi connectivity index (χ4n) is 0. The molecule has 0 aliphatic heterocycles. The highest BCUT2D eigenvalue weighted by molar-refractivity contribution is 8.74. The molecule has 0 spiro atoms. The Morgan fingerprint density at radius 3 is 1.25 bits per heavy atom. The minimum absolute atomic E-state index is 4.02. The topological polar surface area (TPSA) is 68.3 Å². The molecule has 0 rings (SSSR count). The molecule has 8 heteroatoms. The molecule has 0 radical (unpaired) electrons. The van der Waals surface area contributed by atoms with E-state index in [0.717, 1.165) is 0 Å². The van der Waals surface area contributed by atoms with E-state index >= 15 is 0 Å². The van der Waals surface area contributed by atoms with Crippen molar-refractivity contribution in [1.82, 2.24) is 0 Å². The lowest BCUT2D eigenvalue weighted by Gasteiger charge is -1.79. The monoisotopic (exact) mass is 182 g/mol. The van der Waals surface area contributed by atoms with E-state index in [0.29, 0.717) is 0 Å². The van der Waals surface area contributed by atoms with Gasteiger partial charge in [-0.2, -0.15) is 16.8 Å². The van der Waals surface area contributed by atoms with Crippen molar-refractivity contribution in [3.05, 3.63) is 0 Å². The molecule has 50 valence electrons. The average Bonchev–Trinajstić information content (AvgIpc) is 1.25. The summed E-state index contributed by atoms with van der Waals surface area (Å²) in [5.74, 6) is 0. The molecule has 0 saturated heterocycles. The molecule has 4 nitrogen and oxygen atoms in total. The highest BCUT2D eigenvalue weighted by Gasteiger charge is 2.25. The summed E-state index contributed by atoms with van der Waals surface area (Å²) < 4.78 is 48.6.